The molecule has 1 aromatic heterocycles. The second-order valence-corrected chi connectivity index (χ2v) is 7.35. The Balaban J connectivity index is 1.32. The van der Waals surface area contributed by atoms with Crippen molar-refractivity contribution in [1.29, 1.82) is 0 Å². The molecule has 1 amide bonds. The molecule has 1 saturated heterocycles. The van der Waals surface area contributed by atoms with Gasteiger partial charge in [-0.15, -0.1) is 0 Å². The van der Waals surface area contributed by atoms with Gasteiger partial charge in [-0.1, -0.05) is 36.4 Å². The second kappa shape index (κ2) is 7.08. The fraction of sp³-hybridized carbons (Fsp3) is 0.429. The van der Waals surface area contributed by atoms with Crippen LogP contribution in [0.3, 0.4) is 0 Å². The standard InChI is InChI=1S/C21H25N3O2/c1-26-19-8-7-16(13-22-19)14-24-12-9-18(15-24)23-20(25)21(10-11-21)17-5-3-2-4-6-17/h2-8,13,18H,9-12,14-15H2,1H3,(H,23,25). The van der Waals surface area contributed by atoms with Crippen molar-refractivity contribution >= 4 is 5.91 Å². The van der Waals surface area contributed by atoms with Gasteiger partial charge in [0.25, 0.3) is 0 Å². The van der Waals surface area contributed by atoms with Crippen molar-refractivity contribution in [2.75, 3.05) is 20.2 Å². The lowest BCUT2D eigenvalue weighted by Crippen LogP contribution is -2.42. The Labute approximate surface area is 154 Å². The summed E-state index contributed by atoms with van der Waals surface area (Å²) in [5, 5.41) is 3.30. The Morgan fingerprint density at radius 1 is 1.27 bits per heavy atom. The van der Waals surface area contributed by atoms with E-state index in [2.05, 4.69) is 27.3 Å². The van der Waals surface area contributed by atoms with E-state index in [1.165, 1.54) is 5.56 Å². The van der Waals surface area contributed by atoms with Crippen LogP contribution in [0.15, 0.2) is 48.7 Å². The van der Waals surface area contributed by atoms with Crippen LogP contribution >= 0.6 is 0 Å². The summed E-state index contributed by atoms with van der Waals surface area (Å²) in [5.74, 6) is 0.831. The van der Waals surface area contributed by atoms with Crippen LogP contribution < -0.4 is 10.1 Å². The molecule has 26 heavy (non-hydrogen) atoms. The number of nitrogens with one attached hydrogen (secondary N) is 1. The number of carbonyl (C=O) groups is 1. The maximum Gasteiger partial charge on any atom is 0.230 e. The molecule has 4 rings (SSSR count). The number of hydrogen-bond acceptors (Lipinski definition) is 4. The molecule has 1 aromatic carbocycles. The first-order valence-corrected chi connectivity index (χ1v) is 9.27. The Morgan fingerprint density at radius 3 is 2.73 bits per heavy atom. The number of rotatable bonds is 6. The number of aromatic nitrogens is 1. The van der Waals surface area contributed by atoms with Crippen LogP contribution in [0, 0.1) is 0 Å². The number of ether oxygens (including phenoxy) is 1. The van der Waals surface area contributed by atoms with Crippen molar-refractivity contribution in [1.82, 2.24) is 15.2 Å². The molecule has 5 heteroatoms. The predicted octanol–water partition coefficient (Wildman–Crippen LogP) is 2.51. The summed E-state index contributed by atoms with van der Waals surface area (Å²) in [6, 6.07) is 14.4. The third kappa shape index (κ3) is 3.44. The predicted molar refractivity (Wildman–Crippen MR) is 100.0 cm³/mol. The van der Waals surface area contributed by atoms with Crippen molar-refractivity contribution in [3.8, 4) is 5.88 Å². The number of amides is 1. The largest absolute Gasteiger partial charge is 0.481 e. The van der Waals surface area contributed by atoms with Gasteiger partial charge in [-0.2, -0.15) is 0 Å². The van der Waals surface area contributed by atoms with Crippen LogP contribution in [-0.2, 0) is 16.8 Å². The zero-order chi connectivity index (χ0) is 18.0. The molecule has 2 aromatic rings. The van der Waals surface area contributed by atoms with E-state index < -0.39 is 0 Å². The van der Waals surface area contributed by atoms with Gasteiger partial charge in [-0.3, -0.25) is 9.69 Å². The molecule has 2 fully saturated rings. The lowest BCUT2D eigenvalue weighted by atomic mass is 9.94. The number of benzene rings is 1. The van der Waals surface area contributed by atoms with Gasteiger partial charge >= 0.3 is 0 Å². The first-order valence-electron chi connectivity index (χ1n) is 9.27. The van der Waals surface area contributed by atoms with Crippen LogP contribution in [0.1, 0.15) is 30.4 Å². The van der Waals surface area contributed by atoms with Gasteiger partial charge in [0, 0.05) is 37.9 Å². The number of nitrogens with zero attached hydrogens (tertiary/aromatic N) is 2. The van der Waals surface area contributed by atoms with Crippen molar-refractivity contribution in [3.05, 3.63) is 59.8 Å². The summed E-state index contributed by atoms with van der Waals surface area (Å²) in [7, 11) is 1.62. The van der Waals surface area contributed by atoms with Crippen LogP contribution in [-0.4, -0.2) is 42.0 Å². The number of pyridine rings is 1. The lowest BCUT2D eigenvalue weighted by Gasteiger charge is -2.20. The van der Waals surface area contributed by atoms with E-state index in [4.69, 9.17) is 4.74 Å². The van der Waals surface area contributed by atoms with E-state index in [1.54, 1.807) is 7.11 Å². The molecular weight excluding hydrogens is 326 g/mol. The molecule has 0 bridgehead atoms. The summed E-state index contributed by atoms with van der Waals surface area (Å²) in [4.78, 5) is 19.5. The van der Waals surface area contributed by atoms with Gasteiger partial charge in [0.1, 0.15) is 0 Å². The van der Waals surface area contributed by atoms with Gasteiger partial charge in [-0.05, 0) is 30.4 Å². The highest BCUT2D eigenvalue weighted by molar-refractivity contribution is 5.91. The normalized spacial score (nSPS) is 21.3. The van der Waals surface area contributed by atoms with Crippen LogP contribution in [0.2, 0.25) is 0 Å². The van der Waals surface area contributed by atoms with E-state index in [0.29, 0.717) is 5.88 Å². The molecular formula is C21H25N3O2. The molecule has 1 N–H and O–H groups in total. The molecule has 5 nitrogen and oxygen atoms in total. The molecule has 2 aliphatic rings. The van der Waals surface area contributed by atoms with E-state index in [0.717, 1.165) is 44.5 Å². The molecule has 136 valence electrons. The smallest absolute Gasteiger partial charge is 0.230 e. The number of hydrogen-bond donors (Lipinski definition) is 1. The van der Waals surface area contributed by atoms with Crippen molar-refractivity contribution in [2.45, 2.75) is 37.3 Å². The van der Waals surface area contributed by atoms with Crippen molar-refractivity contribution in [2.24, 2.45) is 0 Å². The quantitative estimate of drug-likeness (QED) is 0.869. The maximum atomic E-state index is 12.9. The minimum Gasteiger partial charge on any atom is -0.481 e. The minimum atomic E-state index is -0.283. The molecule has 1 aliphatic carbocycles. The molecule has 0 spiro atoms. The van der Waals surface area contributed by atoms with Gasteiger partial charge < -0.3 is 10.1 Å². The van der Waals surface area contributed by atoms with Gasteiger partial charge in [0.2, 0.25) is 11.8 Å². The fourth-order valence-electron chi connectivity index (χ4n) is 3.83. The molecule has 1 saturated carbocycles. The van der Waals surface area contributed by atoms with E-state index in [-0.39, 0.29) is 17.4 Å². The highest BCUT2D eigenvalue weighted by atomic mass is 16.5. The first-order chi connectivity index (χ1) is 12.7. The Kier molecular flexibility index (Phi) is 4.64. The van der Waals surface area contributed by atoms with Crippen LogP contribution in [0.5, 0.6) is 5.88 Å². The Morgan fingerprint density at radius 2 is 2.08 bits per heavy atom. The molecule has 1 aliphatic heterocycles. The SMILES string of the molecule is COc1ccc(CN2CCC(NC(=O)C3(c4ccccc4)CC3)C2)cn1. The van der Waals surface area contributed by atoms with Crippen molar-refractivity contribution in [3.63, 3.8) is 0 Å². The first kappa shape index (κ1) is 17.0. The summed E-state index contributed by atoms with van der Waals surface area (Å²) < 4.78 is 5.10. The Hall–Kier alpha value is -2.40. The molecule has 2 heterocycles. The molecule has 1 atom stereocenters. The summed E-state index contributed by atoms with van der Waals surface area (Å²) in [6.07, 6.45) is 4.77. The van der Waals surface area contributed by atoms with Gasteiger partial charge in [0.15, 0.2) is 0 Å². The molecule has 0 radical (unpaired) electrons. The number of carbonyl (C=O) groups excluding carboxylic acids is 1. The van der Waals surface area contributed by atoms with Crippen molar-refractivity contribution < 1.29 is 9.53 Å². The topological polar surface area (TPSA) is 54.5 Å². The lowest BCUT2D eigenvalue weighted by molar-refractivity contribution is -0.124. The zero-order valence-electron chi connectivity index (χ0n) is 15.1. The average molecular weight is 351 g/mol. The third-order valence-electron chi connectivity index (χ3n) is 5.53. The highest BCUT2D eigenvalue weighted by Crippen LogP contribution is 2.48. The van der Waals surface area contributed by atoms with Gasteiger partial charge in [-0.25, -0.2) is 4.98 Å². The summed E-state index contributed by atoms with van der Waals surface area (Å²) in [6.45, 7) is 2.74. The monoisotopic (exact) mass is 351 g/mol. The fourth-order valence-corrected chi connectivity index (χ4v) is 3.83. The second-order valence-electron chi connectivity index (χ2n) is 7.35. The average Bonchev–Trinajstić information content (AvgIpc) is 3.39. The minimum absolute atomic E-state index is 0.196. The highest BCUT2D eigenvalue weighted by Gasteiger charge is 2.51. The van der Waals surface area contributed by atoms with Gasteiger partial charge in [0.05, 0.1) is 12.5 Å². The van der Waals surface area contributed by atoms with E-state index in [1.807, 2.05) is 36.5 Å². The maximum absolute atomic E-state index is 12.9. The third-order valence-corrected chi connectivity index (χ3v) is 5.53. The number of methoxy groups -OCH3 is 1. The van der Waals surface area contributed by atoms with E-state index >= 15 is 0 Å². The number of likely N-dealkylation sites (tertiary alicyclic amines) is 1. The Bertz CT molecular complexity index is 757. The van der Waals surface area contributed by atoms with Crippen LogP contribution in [0.25, 0.3) is 0 Å². The van der Waals surface area contributed by atoms with Crippen LogP contribution in [0.4, 0.5) is 0 Å². The van der Waals surface area contributed by atoms with E-state index in [9.17, 15) is 4.79 Å². The summed E-state index contributed by atoms with van der Waals surface area (Å²) >= 11 is 0. The summed E-state index contributed by atoms with van der Waals surface area (Å²) in [5.41, 5.74) is 2.03. The zero-order valence-corrected chi connectivity index (χ0v) is 15.1. The molecule has 1 unspecified atom stereocenters.